The van der Waals surface area contributed by atoms with Gasteiger partial charge in [0.1, 0.15) is 0 Å². The van der Waals surface area contributed by atoms with Gasteiger partial charge >= 0.3 is 11.9 Å². The van der Waals surface area contributed by atoms with Gasteiger partial charge in [0.15, 0.2) is 0 Å². The van der Waals surface area contributed by atoms with E-state index in [1.165, 1.54) is 14.2 Å². The minimum Gasteiger partial charge on any atom is -0.469 e. The summed E-state index contributed by atoms with van der Waals surface area (Å²) in [6, 6.07) is 0. The molecule has 0 heterocycles. The van der Waals surface area contributed by atoms with Crippen LogP contribution in [0.15, 0.2) is 12.7 Å². The summed E-state index contributed by atoms with van der Waals surface area (Å²) < 4.78 is 9.75. The van der Waals surface area contributed by atoms with Crippen molar-refractivity contribution < 1.29 is 19.1 Å². The van der Waals surface area contributed by atoms with Crippen LogP contribution in [0.3, 0.4) is 0 Å². The van der Waals surface area contributed by atoms with E-state index in [0.717, 1.165) is 6.42 Å². The first-order chi connectivity index (χ1) is 8.65. The lowest BCUT2D eigenvalue weighted by molar-refractivity contribution is -0.160. The van der Waals surface area contributed by atoms with E-state index >= 15 is 0 Å². The number of ether oxygens (including phenoxy) is 2. The number of allylic oxidation sites excluding steroid dienone is 1. The summed E-state index contributed by atoms with van der Waals surface area (Å²) in [6.45, 7) is 3.85. The second-order valence-corrected chi connectivity index (χ2v) is 5.63. The van der Waals surface area contributed by atoms with Gasteiger partial charge in [0.25, 0.3) is 0 Å². The van der Waals surface area contributed by atoms with E-state index in [0.29, 0.717) is 17.8 Å². The fourth-order valence-electron chi connectivity index (χ4n) is 4.69. The zero-order valence-electron chi connectivity index (χ0n) is 10.7. The van der Waals surface area contributed by atoms with E-state index in [9.17, 15) is 9.59 Å². The molecule has 3 fully saturated rings. The monoisotopic (exact) mass is 250 g/mol. The molecule has 0 radical (unpaired) electrons. The third-order valence-electron chi connectivity index (χ3n) is 5.25. The van der Waals surface area contributed by atoms with Crippen LogP contribution < -0.4 is 0 Å². The number of hydrogen-bond donors (Lipinski definition) is 0. The van der Waals surface area contributed by atoms with Crippen molar-refractivity contribution in [2.24, 2.45) is 41.4 Å². The Kier molecular flexibility index (Phi) is 2.50. The first-order valence-corrected chi connectivity index (χ1v) is 6.44. The van der Waals surface area contributed by atoms with Crippen LogP contribution in [-0.2, 0) is 19.1 Å². The summed E-state index contributed by atoms with van der Waals surface area (Å²) in [5, 5.41) is 0. The predicted octanol–water partition coefficient (Wildman–Crippen LogP) is 1.26. The highest BCUT2D eigenvalue weighted by Crippen LogP contribution is 2.73. The molecule has 2 bridgehead atoms. The Balaban J connectivity index is 1.90. The van der Waals surface area contributed by atoms with Crippen LogP contribution in [0.1, 0.15) is 6.42 Å². The Morgan fingerprint density at radius 3 is 1.83 bits per heavy atom. The molecular weight excluding hydrogens is 232 g/mol. The average Bonchev–Trinajstić information content (AvgIpc) is 2.86. The molecule has 7 atom stereocenters. The van der Waals surface area contributed by atoms with Gasteiger partial charge in [0.2, 0.25) is 0 Å². The molecule has 0 aliphatic heterocycles. The Hall–Kier alpha value is -1.32. The molecule has 0 aromatic heterocycles. The third-order valence-corrected chi connectivity index (χ3v) is 5.25. The topological polar surface area (TPSA) is 52.6 Å². The summed E-state index contributed by atoms with van der Waals surface area (Å²) in [6.07, 6.45) is 2.93. The van der Waals surface area contributed by atoms with Gasteiger partial charge in [0.05, 0.1) is 26.1 Å². The van der Waals surface area contributed by atoms with Crippen LogP contribution in [0, 0.1) is 41.4 Å². The molecule has 4 nitrogen and oxygen atoms in total. The van der Waals surface area contributed by atoms with Gasteiger partial charge in [-0.25, -0.2) is 0 Å². The lowest BCUT2D eigenvalue weighted by atomic mass is 9.79. The quantitative estimate of drug-likeness (QED) is 0.559. The average molecular weight is 250 g/mol. The van der Waals surface area contributed by atoms with Crippen LogP contribution in [0.25, 0.3) is 0 Å². The molecule has 3 aliphatic carbocycles. The number of methoxy groups -OCH3 is 2. The Labute approximate surface area is 106 Å². The third kappa shape index (κ3) is 1.26. The fourth-order valence-corrected chi connectivity index (χ4v) is 4.69. The first-order valence-electron chi connectivity index (χ1n) is 6.44. The molecule has 0 aromatic rings. The van der Waals surface area contributed by atoms with E-state index in [4.69, 9.17) is 9.47 Å². The van der Waals surface area contributed by atoms with Gasteiger partial charge in [0, 0.05) is 0 Å². The molecule has 0 aromatic carbocycles. The van der Waals surface area contributed by atoms with E-state index in [1.54, 1.807) is 0 Å². The molecule has 98 valence electrons. The molecule has 0 N–H and O–H groups in total. The highest BCUT2D eigenvalue weighted by molar-refractivity contribution is 5.84. The SMILES string of the molecule is C=CC1[C@@H]2[C@@H]3C[C@@H]([C@H](C(=O)OC)[C@H]3C(=O)OC)[C@H]12. The second kappa shape index (κ2) is 3.84. The standard InChI is InChI=1S/C14H18O4/c1-4-6-9-7-5-8(10(6)9)12(14(16)18-3)11(7)13(15)17-2/h4,6-12H,1,5H2,2-3H3/t6?,7-,8+,9+,10-,11-,12-/m0/s1. The summed E-state index contributed by atoms with van der Waals surface area (Å²) in [4.78, 5) is 23.9. The summed E-state index contributed by atoms with van der Waals surface area (Å²) in [7, 11) is 2.77. The number of esters is 2. The van der Waals surface area contributed by atoms with Crippen molar-refractivity contribution in [2.75, 3.05) is 14.2 Å². The van der Waals surface area contributed by atoms with Crippen LogP contribution >= 0.6 is 0 Å². The van der Waals surface area contributed by atoms with Gasteiger partial charge in [-0.2, -0.15) is 0 Å². The molecule has 0 spiro atoms. The van der Waals surface area contributed by atoms with Crippen LogP contribution in [0.2, 0.25) is 0 Å². The zero-order chi connectivity index (χ0) is 13.0. The first kappa shape index (κ1) is 11.8. The maximum atomic E-state index is 11.9. The molecule has 1 unspecified atom stereocenters. The van der Waals surface area contributed by atoms with Gasteiger partial charge in [-0.15, -0.1) is 6.58 Å². The summed E-state index contributed by atoms with van der Waals surface area (Å²) in [5.41, 5.74) is 0. The van der Waals surface area contributed by atoms with Gasteiger partial charge in [-0.1, -0.05) is 6.08 Å². The van der Waals surface area contributed by atoms with Gasteiger partial charge in [-0.3, -0.25) is 9.59 Å². The Morgan fingerprint density at radius 1 is 1.06 bits per heavy atom. The molecule has 3 aliphatic rings. The van der Waals surface area contributed by atoms with Crippen molar-refractivity contribution in [3.05, 3.63) is 12.7 Å². The number of carbonyl (C=O) groups excluding carboxylic acids is 2. The van der Waals surface area contributed by atoms with E-state index in [1.807, 2.05) is 6.08 Å². The number of rotatable bonds is 3. The number of carbonyl (C=O) groups is 2. The highest BCUT2D eigenvalue weighted by atomic mass is 16.5. The lowest BCUT2D eigenvalue weighted by Crippen LogP contribution is -2.37. The Bertz CT molecular complexity index is 382. The molecule has 3 rings (SSSR count). The molecule has 18 heavy (non-hydrogen) atoms. The van der Waals surface area contributed by atoms with Gasteiger partial charge < -0.3 is 9.47 Å². The fraction of sp³-hybridized carbons (Fsp3) is 0.714. The largest absolute Gasteiger partial charge is 0.469 e. The lowest BCUT2D eigenvalue weighted by Gasteiger charge is -2.26. The van der Waals surface area contributed by atoms with Crippen molar-refractivity contribution in [1.29, 1.82) is 0 Å². The van der Waals surface area contributed by atoms with E-state index in [2.05, 4.69) is 6.58 Å². The van der Waals surface area contributed by atoms with E-state index < -0.39 is 0 Å². The zero-order valence-corrected chi connectivity index (χ0v) is 10.7. The van der Waals surface area contributed by atoms with Crippen molar-refractivity contribution in [3.8, 4) is 0 Å². The Morgan fingerprint density at radius 2 is 1.50 bits per heavy atom. The van der Waals surface area contributed by atoms with Crippen molar-refractivity contribution in [3.63, 3.8) is 0 Å². The van der Waals surface area contributed by atoms with Crippen molar-refractivity contribution in [2.45, 2.75) is 6.42 Å². The van der Waals surface area contributed by atoms with Crippen LogP contribution in [0.4, 0.5) is 0 Å². The smallest absolute Gasteiger partial charge is 0.309 e. The van der Waals surface area contributed by atoms with Crippen molar-refractivity contribution in [1.82, 2.24) is 0 Å². The molecule has 0 amide bonds. The summed E-state index contributed by atoms with van der Waals surface area (Å²) >= 11 is 0. The molecule has 4 heteroatoms. The van der Waals surface area contributed by atoms with Crippen LogP contribution in [-0.4, -0.2) is 26.2 Å². The predicted molar refractivity (Wildman–Crippen MR) is 63.3 cm³/mol. The van der Waals surface area contributed by atoms with Crippen molar-refractivity contribution >= 4 is 11.9 Å². The normalized spacial score (nSPS) is 47.3. The molecule has 0 saturated heterocycles. The number of hydrogen-bond acceptors (Lipinski definition) is 4. The van der Waals surface area contributed by atoms with Crippen LogP contribution in [0.5, 0.6) is 0 Å². The van der Waals surface area contributed by atoms with E-state index in [-0.39, 0.29) is 35.6 Å². The second-order valence-electron chi connectivity index (χ2n) is 5.63. The number of fused-ring (bicyclic) bond motifs is 5. The summed E-state index contributed by atoms with van der Waals surface area (Å²) in [5.74, 6) is 0.985. The molecule has 3 saturated carbocycles. The maximum Gasteiger partial charge on any atom is 0.309 e. The minimum absolute atomic E-state index is 0.258. The maximum absolute atomic E-state index is 11.9. The van der Waals surface area contributed by atoms with Gasteiger partial charge in [-0.05, 0) is 36.0 Å². The minimum atomic E-state index is -0.307. The highest BCUT2D eigenvalue weighted by Gasteiger charge is 2.73. The molecular formula is C14H18O4.